The maximum atomic E-state index is 13.9. The van der Waals surface area contributed by atoms with Crippen LogP contribution in [0.5, 0.6) is 11.5 Å². The molecule has 3 aromatic carbocycles. The maximum Gasteiger partial charge on any atom is 0.255 e. The summed E-state index contributed by atoms with van der Waals surface area (Å²) in [4.78, 5) is 28.1. The monoisotopic (exact) mass is 489 g/mol. The molecule has 186 valence electrons. The molecular weight excluding hydrogens is 461 g/mol. The van der Waals surface area contributed by atoms with Gasteiger partial charge in [0.2, 0.25) is 6.79 Å². The van der Waals surface area contributed by atoms with Crippen molar-refractivity contribution in [2.75, 3.05) is 12.1 Å². The zero-order valence-corrected chi connectivity index (χ0v) is 19.8. The molecule has 0 saturated heterocycles. The Balaban J connectivity index is 1.34. The second kappa shape index (κ2) is 10.4. The Hall–Kier alpha value is -3.91. The van der Waals surface area contributed by atoms with Gasteiger partial charge in [-0.3, -0.25) is 9.59 Å². The highest BCUT2D eigenvalue weighted by Gasteiger charge is 2.29. The average molecular weight is 490 g/mol. The number of nitrogens with two attached hydrogens (primary N) is 1. The largest absolute Gasteiger partial charge is 0.454 e. The third-order valence-corrected chi connectivity index (χ3v) is 6.69. The summed E-state index contributed by atoms with van der Waals surface area (Å²) in [6, 6.07) is 18.4. The first-order chi connectivity index (χ1) is 17.5. The molecule has 3 N–H and O–H groups in total. The normalized spacial score (nSPS) is 18.5. The lowest BCUT2D eigenvalue weighted by Gasteiger charge is -2.36. The molecule has 1 aliphatic carbocycles. The predicted octanol–water partition coefficient (Wildman–Crippen LogP) is 4.72. The van der Waals surface area contributed by atoms with Crippen LogP contribution in [0.1, 0.15) is 52.0 Å². The third-order valence-electron chi connectivity index (χ3n) is 6.69. The van der Waals surface area contributed by atoms with Crippen molar-refractivity contribution in [3.8, 4) is 11.5 Å². The van der Waals surface area contributed by atoms with Gasteiger partial charge in [-0.15, -0.1) is 0 Å². The van der Waals surface area contributed by atoms with Crippen LogP contribution < -0.4 is 20.5 Å². The number of hydrogen-bond donors (Lipinski definition) is 2. The number of ether oxygens (including phenoxy) is 2. The second-order valence-electron chi connectivity index (χ2n) is 9.23. The Morgan fingerprint density at radius 1 is 0.917 bits per heavy atom. The maximum absolute atomic E-state index is 13.9. The standard InChI is InChI=1S/C28H28FN3O4/c29-21-5-2-4-20(14-21)28(34)32(24-10-8-22(30)9-11-24)16-18-3-1-6-23(13-18)31-27(33)19-7-12-25-26(15-19)36-17-35-25/h1-7,12-15,22,24H,8-11,16-17,30H2,(H,31,33). The smallest absolute Gasteiger partial charge is 0.255 e. The van der Waals surface area contributed by atoms with E-state index in [0.717, 1.165) is 31.2 Å². The van der Waals surface area contributed by atoms with Crippen LogP contribution in [-0.4, -0.2) is 35.6 Å². The number of benzene rings is 3. The van der Waals surface area contributed by atoms with Gasteiger partial charge in [0.1, 0.15) is 5.82 Å². The molecule has 2 aliphatic rings. The van der Waals surface area contributed by atoms with Crippen molar-refractivity contribution in [2.45, 2.75) is 44.3 Å². The Morgan fingerprint density at radius 3 is 2.50 bits per heavy atom. The SMILES string of the molecule is NC1CCC(N(Cc2cccc(NC(=O)c3ccc4c(c3)OCO4)c2)C(=O)c2cccc(F)c2)CC1. The minimum atomic E-state index is -0.445. The Morgan fingerprint density at radius 2 is 1.69 bits per heavy atom. The molecule has 1 heterocycles. The van der Waals surface area contributed by atoms with E-state index in [1.54, 1.807) is 41.3 Å². The van der Waals surface area contributed by atoms with Crippen molar-refractivity contribution < 1.29 is 23.5 Å². The Bertz CT molecular complexity index is 1270. The summed E-state index contributed by atoms with van der Waals surface area (Å²) in [5.74, 6) is 0.208. The minimum Gasteiger partial charge on any atom is -0.454 e. The van der Waals surface area contributed by atoms with Crippen LogP contribution in [-0.2, 0) is 6.54 Å². The van der Waals surface area contributed by atoms with E-state index in [2.05, 4.69) is 5.32 Å². The highest BCUT2D eigenvalue weighted by atomic mass is 19.1. The number of rotatable bonds is 6. The lowest BCUT2D eigenvalue weighted by atomic mass is 9.90. The van der Waals surface area contributed by atoms with Crippen molar-refractivity contribution in [2.24, 2.45) is 5.73 Å². The van der Waals surface area contributed by atoms with Crippen LogP contribution in [0.2, 0.25) is 0 Å². The number of nitrogens with zero attached hydrogens (tertiary/aromatic N) is 1. The molecule has 0 atom stereocenters. The summed E-state index contributed by atoms with van der Waals surface area (Å²) in [6.45, 7) is 0.475. The van der Waals surface area contributed by atoms with Crippen LogP contribution in [0, 0.1) is 5.82 Å². The van der Waals surface area contributed by atoms with Crippen LogP contribution in [0.15, 0.2) is 66.7 Å². The molecule has 1 aliphatic heterocycles. The molecule has 0 radical (unpaired) electrons. The van der Waals surface area contributed by atoms with Crippen LogP contribution in [0.4, 0.5) is 10.1 Å². The molecule has 8 heteroatoms. The van der Waals surface area contributed by atoms with Gasteiger partial charge in [-0.05, 0) is 79.8 Å². The predicted molar refractivity (Wildman–Crippen MR) is 133 cm³/mol. The minimum absolute atomic E-state index is 0.00690. The first-order valence-electron chi connectivity index (χ1n) is 12.1. The number of carbonyl (C=O) groups is 2. The molecule has 2 amide bonds. The molecule has 0 bridgehead atoms. The summed E-state index contributed by atoms with van der Waals surface area (Å²) in [5, 5.41) is 2.91. The van der Waals surface area contributed by atoms with Gasteiger partial charge in [0, 0.05) is 35.4 Å². The van der Waals surface area contributed by atoms with Gasteiger partial charge >= 0.3 is 0 Å². The van der Waals surface area contributed by atoms with Crippen LogP contribution >= 0.6 is 0 Å². The fourth-order valence-corrected chi connectivity index (χ4v) is 4.75. The summed E-state index contributed by atoms with van der Waals surface area (Å²) >= 11 is 0. The van der Waals surface area contributed by atoms with E-state index in [0.29, 0.717) is 34.9 Å². The molecule has 36 heavy (non-hydrogen) atoms. The van der Waals surface area contributed by atoms with E-state index in [9.17, 15) is 14.0 Å². The van der Waals surface area contributed by atoms with E-state index >= 15 is 0 Å². The van der Waals surface area contributed by atoms with Gasteiger partial charge in [-0.25, -0.2) is 4.39 Å². The molecular formula is C28H28FN3O4. The number of halogens is 1. The fourth-order valence-electron chi connectivity index (χ4n) is 4.75. The van der Waals surface area contributed by atoms with E-state index in [-0.39, 0.29) is 30.7 Å². The van der Waals surface area contributed by atoms with Gasteiger partial charge in [0.05, 0.1) is 0 Å². The first kappa shape index (κ1) is 23.8. The summed E-state index contributed by atoms with van der Waals surface area (Å²) in [5.41, 5.74) is 8.33. The van der Waals surface area contributed by atoms with Crippen molar-refractivity contribution in [3.05, 3.63) is 89.2 Å². The van der Waals surface area contributed by atoms with Gasteiger partial charge in [0.25, 0.3) is 11.8 Å². The Kier molecular flexibility index (Phi) is 6.86. The van der Waals surface area contributed by atoms with Crippen molar-refractivity contribution >= 4 is 17.5 Å². The number of nitrogens with one attached hydrogen (secondary N) is 1. The molecule has 7 nitrogen and oxygen atoms in total. The van der Waals surface area contributed by atoms with Crippen molar-refractivity contribution in [1.82, 2.24) is 4.90 Å². The molecule has 0 aromatic heterocycles. The Labute approximate surface area is 209 Å². The van der Waals surface area contributed by atoms with Crippen molar-refractivity contribution in [3.63, 3.8) is 0 Å². The summed E-state index contributed by atoms with van der Waals surface area (Å²) < 4.78 is 24.5. The second-order valence-corrected chi connectivity index (χ2v) is 9.23. The molecule has 3 aromatic rings. The number of fused-ring (bicyclic) bond motifs is 1. The third kappa shape index (κ3) is 5.33. The van der Waals surface area contributed by atoms with Gasteiger partial charge in [-0.1, -0.05) is 18.2 Å². The average Bonchev–Trinajstić information content (AvgIpc) is 3.36. The molecule has 1 fully saturated rings. The zero-order valence-electron chi connectivity index (χ0n) is 19.8. The number of amides is 2. The highest BCUT2D eigenvalue weighted by molar-refractivity contribution is 6.04. The van der Waals surface area contributed by atoms with Gasteiger partial charge in [0.15, 0.2) is 11.5 Å². The van der Waals surface area contributed by atoms with Crippen LogP contribution in [0.25, 0.3) is 0 Å². The van der Waals surface area contributed by atoms with Crippen molar-refractivity contribution in [1.29, 1.82) is 0 Å². The van der Waals surface area contributed by atoms with Gasteiger partial charge in [-0.2, -0.15) is 0 Å². The summed E-state index contributed by atoms with van der Waals surface area (Å²) in [6.07, 6.45) is 3.26. The van der Waals surface area contributed by atoms with E-state index < -0.39 is 5.82 Å². The number of anilines is 1. The highest BCUT2D eigenvalue weighted by Crippen LogP contribution is 2.33. The zero-order chi connectivity index (χ0) is 25.1. The molecule has 0 spiro atoms. The quantitative estimate of drug-likeness (QED) is 0.523. The number of carbonyl (C=O) groups excluding carboxylic acids is 2. The van der Waals surface area contributed by atoms with Crippen LogP contribution in [0.3, 0.4) is 0 Å². The number of hydrogen-bond acceptors (Lipinski definition) is 5. The first-order valence-corrected chi connectivity index (χ1v) is 12.1. The topological polar surface area (TPSA) is 93.9 Å². The molecule has 1 saturated carbocycles. The fraction of sp³-hybridized carbons (Fsp3) is 0.286. The van der Waals surface area contributed by atoms with Gasteiger partial charge < -0.3 is 25.4 Å². The van der Waals surface area contributed by atoms with E-state index in [4.69, 9.17) is 15.2 Å². The lowest BCUT2D eigenvalue weighted by Crippen LogP contribution is -2.43. The lowest BCUT2D eigenvalue weighted by molar-refractivity contribution is 0.0605. The van der Waals surface area contributed by atoms with E-state index in [1.807, 2.05) is 18.2 Å². The molecule has 5 rings (SSSR count). The molecule has 0 unspecified atom stereocenters. The summed E-state index contributed by atoms with van der Waals surface area (Å²) in [7, 11) is 0. The van der Waals surface area contributed by atoms with E-state index in [1.165, 1.54) is 12.1 Å².